The number of rotatable bonds is 3. The van der Waals surface area contributed by atoms with Gasteiger partial charge < -0.3 is 4.98 Å². The summed E-state index contributed by atoms with van der Waals surface area (Å²) in [6.07, 6.45) is 1.96. The number of non-ortho nitro benzene ring substituents is 1. The number of nitro groups is 1. The molecule has 0 amide bonds. The Morgan fingerprint density at radius 2 is 1.79 bits per heavy atom. The van der Waals surface area contributed by atoms with E-state index < -0.39 is 0 Å². The van der Waals surface area contributed by atoms with Crippen molar-refractivity contribution in [3.8, 4) is 0 Å². The molecule has 0 fully saturated rings. The van der Waals surface area contributed by atoms with Crippen LogP contribution in [0.25, 0.3) is 10.9 Å². The molecule has 0 aliphatic rings. The van der Waals surface area contributed by atoms with Crippen LogP contribution in [0.15, 0.2) is 64.5 Å². The van der Waals surface area contributed by atoms with Crippen molar-refractivity contribution in [2.75, 3.05) is 0 Å². The minimum absolute atomic E-state index is 0.114. The van der Waals surface area contributed by atoms with E-state index in [4.69, 9.17) is 0 Å². The van der Waals surface area contributed by atoms with E-state index in [1.165, 1.54) is 12.1 Å². The molecule has 0 bridgehead atoms. The molecule has 3 aromatic rings. The van der Waals surface area contributed by atoms with E-state index in [9.17, 15) is 10.1 Å². The maximum Gasteiger partial charge on any atom is 0.269 e. The Labute approximate surface area is 113 Å². The molecule has 2 aromatic carbocycles. The van der Waals surface area contributed by atoms with Crippen LogP contribution in [-0.4, -0.2) is 9.91 Å². The highest BCUT2D eigenvalue weighted by Gasteiger charge is 2.07. The molecule has 94 valence electrons. The molecule has 0 aliphatic heterocycles. The molecule has 0 saturated heterocycles. The van der Waals surface area contributed by atoms with Gasteiger partial charge in [0.15, 0.2) is 0 Å². The monoisotopic (exact) mass is 270 g/mol. The first-order valence-electron chi connectivity index (χ1n) is 5.72. The van der Waals surface area contributed by atoms with Gasteiger partial charge in [0.25, 0.3) is 5.69 Å². The Morgan fingerprint density at radius 1 is 1.05 bits per heavy atom. The molecule has 0 atom stereocenters. The van der Waals surface area contributed by atoms with Crippen LogP contribution in [0.1, 0.15) is 0 Å². The highest BCUT2D eigenvalue weighted by molar-refractivity contribution is 7.99. The molecule has 0 saturated carbocycles. The van der Waals surface area contributed by atoms with Crippen LogP contribution < -0.4 is 0 Å². The van der Waals surface area contributed by atoms with E-state index >= 15 is 0 Å². The lowest BCUT2D eigenvalue weighted by atomic mass is 10.2. The quantitative estimate of drug-likeness (QED) is 0.572. The average Bonchev–Trinajstić information content (AvgIpc) is 2.83. The minimum Gasteiger partial charge on any atom is -0.360 e. The first-order chi connectivity index (χ1) is 9.24. The van der Waals surface area contributed by atoms with Crippen molar-refractivity contribution in [2.45, 2.75) is 9.79 Å². The van der Waals surface area contributed by atoms with Crippen molar-refractivity contribution in [1.82, 2.24) is 4.98 Å². The minimum atomic E-state index is -0.389. The summed E-state index contributed by atoms with van der Waals surface area (Å²) in [7, 11) is 0. The Balaban J connectivity index is 1.90. The van der Waals surface area contributed by atoms with Gasteiger partial charge in [0, 0.05) is 39.0 Å². The number of benzene rings is 2. The van der Waals surface area contributed by atoms with Gasteiger partial charge >= 0.3 is 0 Å². The fourth-order valence-electron chi connectivity index (χ4n) is 1.89. The number of hydrogen-bond acceptors (Lipinski definition) is 3. The molecule has 0 radical (unpaired) electrons. The van der Waals surface area contributed by atoms with Gasteiger partial charge in [0.2, 0.25) is 0 Å². The highest BCUT2D eigenvalue weighted by atomic mass is 32.2. The number of aromatic amines is 1. The lowest BCUT2D eigenvalue weighted by molar-refractivity contribution is -0.384. The summed E-state index contributed by atoms with van der Waals surface area (Å²) in [5.74, 6) is 0. The van der Waals surface area contributed by atoms with Crippen molar-refractivity contribution in [2.24, 2.45) is 0 Å². The zero-order valence-electron chi connectivity index (χ0n) is 9.87. The van der Waals surface area contributed by atoms with Crippen LogP contribution in [0.2, 0.25) is 0 Å². The van der Waals surface area contributed by atoms with E-state index in [1.54, 1.807) is 23.9 Å². The number of aromatic nitrogens is 1. The summed E-state index contributed by atoms with van der Waals surface area (Å²) in [5, 5.41) is 11.8. The van der Waals surface area contributed by atoms with Crippen LogP contribution in [0.5, 0.6) is 0 Å². The second kappa shape index (κ2) is 4.78. The van der Waals surface area contributed by atoms with Gasteiger partial charge in [-0.05, 0) is 18.2 Å². The van der Waals surface area contributed by atoms with Crippen LogP contribution in [0.3, 0.4) is 0 Å². The maximum absolute atomic E-state index is 10.6. The van der Waals surface area contributed by atoms with Crippen molar-refractivity contribution in [3.05, 3.63) is 64.8 Å². The number of fused-ring (bicyclic) bond motifs is 1. The van der Waals surface area contributed by atoms with Crippen LogP contribution >= 0.6 is 11.8 Å². The summed E-state index contributed by atoms with van der Waals surface area (Å²) in [6, 6.07) is 14.6. The predicted molar refractivity (Wildman–Crippen MR) is 75.5 cm³/mol. The van der Waals surface area contributed by atoms with Gasteiger partial charge in [0.05, 0.1) is 4.92 Å². The fraction of sp³-hybridized carbons (Fsp3) is 0. The van der Waals surface area contributed by atoms with Gasteiger partial charge in [0.1, 0.15) is 0 Å². The Bertz CT molecular complexity index is 735. The Hall–Kier alpha value is -2.27. The summed E-state index contributed by atoms with van der Waals surface area (Å²) < 4.78 is 0. The molecule has 3 rings (SSSR count). The van der Waals surface area contributed by atoms with E-state index in [0.717, 1.165) is 20.7 Å². The zero-order valence-corrected chi connectivity index (χ0v) is 10.7. The number of para-hydroxylation sites is 1. The first-order valence-corrected chi connectivity index (χ1v) is 6.54. The molecular formula is C14H10N2O2S. The van der Waals surface area contributed by atoms with Crippen molar-refractivity contribution >= 4 is 28.4 Å². The van der Waals surface area contributed by atoms with E-state index in [0.29, 0.717) is 0 Å². The molecule has 0 spiro atoms. The van der Waals surface area contributed by atoms with Crippen LogP contribution in [-0.2, 0) is 0 Å². The van der Waals surface area contributed by atoms with Crippen molar-refractivity contribution < 1.29 is 4.92 Å². The van der Waals surface area contributed by atoms with E-state index in [2.05, 4.69) is 11.1 Å². The van der Waals surface area contributed by atoms with Gasteiger partial charge in [-0.2, -0.15) is 0 Å². The SMILES string of the molecule is O=[N+]([O-])c1ccc(Sc2c[nH]c3ccccc23)cc1. The lowest BCUT2D eigenvalue weighted by Crippen LogP contribution is -1.86. The first kappa shape index (κ1) is 11.8. The second-order valence-corrected chi connectivity index (χ2v) is 5.17. The van der Waals surface area contributed by atoms with Crippen LogP contribution in [0.4, 0.5) is 5.69 Å². The molecule has 1 aromatic heterocycles. The number of nitro benzene ring substituents is 1. The third-order valence-corrected chi connectivity index (χ3v) is 3.89. The van der Waals surface area contributed by atoms with Crippen LogP contribution in [0, 0.1) is 10.1 Å². The third-order valence-electron chi connectivity index (χ3n) is 2.83. The molecule has 4 nitrogen and oxygen atoms in total. The van der Waals surface area contributed by atoms with Crippen molar-refractivity contribution in [1.29, 1.82) is 0 Å². The summed E-state index contributed by atoms with van der Waals surface area (Å²) in [5.41, 5.74) is 1.20. The third kappa shape index (κ3) is 2.32. The zero-order chi connectivity index (χ0) is 13.2. The number of hydrogen-bond donors (Lipinski definition) is 1. The molecule has 0 unspecified atom stereocenters. The number of nitrogens with zero attached hydrogens (tertiary/aromatic N) is 1. The molecule has 5 heteroatoms. The standard InChI is InChI=1S/C14H10N2O2S/c17-16(18)10-5-7-11(8-6-10)19-14-9-15-13-4-2-1-3-12(13)14/h1-9,15H. The number of nitrogens with one attached hydrogen (secondary N) is 1. The topological polar surface area (TPSA) is 58.9 Å². The van der Waals surface area contributed by atoms with Crippen molar-refractivity contribution in [3.63, 3.8) is 0 Å². The molecular weight excluding hydrogens is 260 g/mol. The molecule has 19 heavy (non-hydrogen) atoms. The highest BCUT2D eigenvalue weighted by Crippen LogP contribution is 2.34. The summed E-state index contributed by atoms with van der Waals surface area (Å²) in [6.45, 7) is 0. The Kier molecular flexibility index (Phi) is 2.97. The Morgan fingerprint density at radius 3 is 2.53 bits per heavy atom. The summed E-state index contributed by atoms with van der Waals surface area (Å²) >= 11 is 1.59. The fourth-order valence-corrected chi connectivity index (χ4v) is 2.82. The van der Waals surface area contributed by atoms with Gasteiger partial charge in [-0.25, -0.2) is 0 Å². The van der Waals surface area contributed by atoms with Gasteiger partial charge in [-0.15, -0.1) is 0 Å². The molecule has 1 heterocycles. The maximum atomic E-state index is 10.6. The molecule has 1 N–H and O–H groups in total. The smallest absolute Gasteiger partial charge is 0.269 e. The second-order valence-electron chi connectivity index (χ2n) is 4.05. The predicted octanol–water partition coefficient (Wildman–Crippen LogP) is 4.23. The summed E-state index contributed by atoms with van der Waals surface area (Å²) in [4.78, 5) is 15.5. The molecule has 0 aliphatic carbocycles. The van der Waals surface area contributed by atoms with E-state index in [-0.39, 0.29) is 10.6 Å². The normalized spacial score (nSPS) is 10.7. The van der Waals surface area contributed by atoms with Gasteiger partial charge in [-0.3, -0.25) is 10.1 Å². The number of H-pyrrole nitrogens is 1. The van der Waals surface area contributed by atoms with Gasteiger partial charge in [-0.1, -0.05) is 30.0 Å². The largest absolute Gasteiger partial charge is 0.360 e. The lowest BCUT2D eigenvalue weighted by Gasteiger charge is -1.99. The van der Waals surface area contributed by atoms with E-state index in [1.807, 2.05) is 24.4 Å². The average molecular weight is 270 g/mol.